The van der Waals surface area contributed by atoms with Crippen LogP contribution in [-0.4, -0.2) is 28.7 Å². The van der Waals surface area contributed by atoms with Gasteiger partial charge < -0.3 is 10.3 Å². The molecule has 1 unspecified atom stereocenters. The highest BCUT2D eigenvalue weighted by Crippen LogP contribution is 2.17. The van der Waals surface area contributed by atoms with E-state index in [1.807, 2.05) is 24.3 Å². The van der Waals surface area contributed by atoms with Gasteiger partial charge in [0.15, 0.2) is 0 Å². The first kappa shape index (κ1) is 15.6. The molecule has 7 heteroatoms. The Balaban J connectivity index is 1.88. The average molecular weight is 302 g/mol. The predicted octanol–water partition coefficient (Wildman–Crippen LogP) is 0.382. The van der Waals surface area contributed by atoms with Crippen LogP contribution in [0.2, 0.25) is 0 Å². The molecule has 7 nitrogen and oxygen atoms in total. The molecule has 0 aliphatic heterocycles. The van der Waals surface area contributed by atoms with Gasteiger partial charge in [0.25, 0.3) is 5.91 Å². The molecule has 22 heavy (non-hydrogen) atoms. The Morgan fingerprint density at radius 1 is 1.18 bits per heavy atom. The van der Waals surface area contributed by atoms with Crippen LogP contribution in [0.4, 0.5) is 0 Å². The Morgan fingerprint density at radius 3 is 2.64 bits per heavy atom. The van der Waals surface area contributed by atoms with E-state index in [-0.39, 0.29) is 18.2 Å². The molecule has 0 aliphatic carbocycles. The normalized spacial score (nSPS) is 11.7. The van der Waals surface area contributed by atoms with Crippen LogP contribution in [0.5, 0.6) is 0 Å². The van der Waals surface area contributed by atoms with Crippen LogP contribution in [0.25, 0.3) is 10.9 Å². The predicted molar refractivity (Wildman–Crippen MR) is 81.6 cm³/mol. The van der Waals surface area contributed by atoms with Crippen molar-refractivity contribution in [2.45, 2.75) is 26.3 Å². The molecule has 116 valence electrons. The zero-order chi connectivity index (χ0) is 16.1. The SMILES string of the molecule is CC(=O)NC(C)C(=O)NNC(=O)Cc1c[nH]c2ccccc12. The van der Waals surface area contributed by atoms with Crippen LogP contribution >= 0.6 is 0 Å². The first-order valence-electron chi connectivity index (χ1n) is 6.88. The summed E-state index contributed by atoms with van der Waals surface area (Å²) in [5.74, 6) is -1.14. The molecule has 1 heterocycles. The van der Waals surface area contributed by atoms with Gasteiger partial charge in [-0.15, -0.1) is 0 Å². The standard InChI is InChI=1S/C15H18N4O3/c1-9(17-10(2)20)15(22)19-18-14(21)7-11-8-16-13-6-4-3-5-12(11)13/h3-6,8-9,16H,7H2,1-2H3,(H,17,20)(H,18,21)(H,19,22). The summed E-state index contributed by atoms with van der Waals surface area (Å²) in [6.45, 7) is 2.85. The Hall–Kier alpha value is -2.83. The van der Waals surface area contributed by atoms with Crippen LogP contribution in [0.1, 0.15) is 19.4 Å². The van der Waals surface area contributed by atoms with Crippen LogP contribution in [0, 0.1) is 0 Å². The zero-order valence-electron chi connectivity index (χ0n) is 12.4. The molecule has 1 aromatic heterocycles. The number of hydrogen-bond donors (Lipinski definition) is 4. The number of hydrogen-bond acceptors (Lipinski definition) is 3. The van der Waals surface area contributed by atoms with E-state index in [2.05, 4.69) is 21.2 Å². The molecule has 0 fully saturated rings. The molecule has 0 bridgehead atoms. The molecule has 4 N–H and O–H groups in total. The van der Waals surface area contributed by atoms with Crippen molar-refractivity contribution in [3.05, 3.63) is 36.0 Å². The average Bonchev–Trinajstić information content (AvgIpc) is 2.87. The molecule has 0 spiro atoms. The molecule has 0 saturated heterocycles. The maximum atomic E-state index is 11.9. The Labute approximate surface area is 127 Å². The maximum absolute atomic E-state index is 11.9. The van der Waals surface area contributed by atoms with E-state index in [4.69, 9.17) is 0 Å². The van der Waals surface area contributed by atoms with Gasteiger partial charge in [-0.2, -0.15) is 0 Å². The first-order chi connectivity index (χ1) is 10.5. The highest BCUT2D eigenvalue weighted by Gasteiger charge is 2.14. The summed E-state index contributed by atoms with van der Waals surface area (Å²) in [5, 5.41) is 3.40. The zero-order valence-corrected chi connectivity index (χ0v) is 12.4. The fourth-order valence-electron chi connectivity index (χ4n) is 2.11. The summed E-state index contributed by atoms with van der Waals surface area (Å²) in [4.78, 5) is 37.5. The second-order valence-electron chi connectivity index (χ2n) is 5.00. The van der Waals surface area contributed by atoms with E-state index < -0.39 is 11.9 Å². The number of carbonyl (C=O) groups excluding carboxylic acids is 3. The van der Waals surface area contributed by atoms with Gasteiger partial charge in [0, 0.05) is 24.0 Å². The van der Waals surface area contributed by atoms with E-state index in [1.165, 1.54) is 13.8 Å². The molecule has 1 atom stereocenters. The van der Waals surface area contributed by atoms with E-state index in [9.17, 15) is 14.4 Å². The lowest BCUT2D eigenvalue weighted by molar-refractivity contribution is -0.131. The van der Waals surface area contributed by atoms with E-state index in [1.54, 1.807) is 6.20 Å². The molecule has 3 amide bonds. The lowest BCUT2D eigenvalue weighted by Crippen LogP contribution is -2.51. The van der Waals surface area contributed by atoms with Gasteiger partial charge in [-0.3, -0.25) is 25.2 Å². The molecular formula is C15H18N4O3. The highest BCUT2D eigenvalue weighted by molar-refractivity contribution is 5.91. The van der Waals surface area contributed by atoms with Crippen LogP contribution < -0.4 is 16.2 Å². The third-order valence-corrected chi connectivity index (χ3v) is 3.16. The number of rotatable bonds is 4. The fraction of sp³-hybridized carbons (Fsp3) is 0.267. The molecule has 2 aromatic rings. The quantitative estimate of drug-likeness (QED) is 0.614. The van der Waals surface area contributed by atoms with Gasteiger partial charge >= 0.3 is 0 Å². The lowest BCUT2D eigenvalue weighted by atomic mass is 10.1. The third kappa shape index (κ3) is 3.85. The van der Waals surface area contributed by atoms with Crippen LogP contribution in [-0.2, 0) is 20.8 Å². The molecule has 0 aliphatic rings. The van der Waals surface area contributed by atoms with Crippen LogP contribution in [0.3, 0.4) is 0 Å². The molecule has 0 saturated carbocycles. The van der Waals surface area contributed by atoms with Gasteiger partial charge in [0.1, 0.15) is 6.04 Å². The van der Waals surface area contributed by atoms with Crippen molar-refractivity contribution >= 4 is 28.6 Å². The number of aromatic nitrogens is 1. The summed E-state index contributed by atoms with van der Waals surface area (Å²) in [7, 11) is 0. The summed E-state index contributed by atoms with van der Waals surface area (Å²) in [6, 6.07) is 6.94. The Bertz CT molecular complexity index is 708. The second kappa shape index (κ2) is 6.75. The smallest absolute Gasteiger partial charge is 0.260 e. The minimum atomic E-state index is -0.717. The number of amides is 3. The number of H-pyrrole nitrogens is 1. The van der Waals surface area contributed by atoms with Crippen molar-refractivity contribution in [3.63, 3.8) is 0 Å². The van der Waals surface area contributed by atoms with Crippen molar-refractivity contribution in [1.29, 1.82) is 0 Å². The summed E-state index contributed by atoms with van der Waals surface area (Å²) in [5.41, 5.74) is 6.42. The number of hydrazine groups is 1. The highest BCUT2D eigenvalue weighted by atomic mass is 16.2. The maximum Gasteiger partial charge on any atom is 0.260 e. The number of aromatic amines is 1. The van der Waals surface area contributed by atoms with E-state index >= 15 is 0 Å². The van der Waals surface area contributed by atoms with Crippen molar-refractivity contribution in [2.24, 2.45) is 0 Å². The Kier molecular flexibility index (Phi) is 4.77. The topological polar surface area (TPSA) is 103 Å². The van der Waals surface area contributed by atoms with Gasteiger partial charge in [-0.05, 0) is 18.6 Å². The minimum absolute atomic E-state index is 0.138. The van der Waals surface area contributed by atoms with Crippen molar-refractivity contribution in [2.75, 3.05) is 0 Å². The Morgan fingerprint density at radius 2 is 1.91 bits per heavy atom. The summed E-state index contributed by atoms with van der Waals surface area (Å²) >= 11 is 0. The first-order valence-corrected chi connectivity index (χ1v) is 6.88. The summed E-state index contributed by atoms with van der Waals surface area (Å²) < 4.78 is 0. The number of carbonyl (C=O) groups is 3. The second-order valence-corrected chi connectivity index (χ2v) is 5.00. The largest absolute Gasteiger partial charge is 0.361 e. The number of benzene rings is 1. The van der Waals surface area contributed by atoms with Crippen molar-refractivity contribution in [1.82, 2.24) is 21.2 Å². The van der Waals surface area contributed by atoms with E-state index in [0.29, 0.717) is 0 Å². The van der Waals surface area contributed by atoms with Crippen molar-refractivity contribution in [3.8, 4) is 0 Å². The van der Waals surface area contributed by atoms with Gasteiger partial charge in [0.2, 0.25) is 11.8 Å². The van der Waals surface area contributed by atoms with E-state index in [0.717, 1.165) is 16.5 Å². The molecule has 2 rings (SSSR count). The third-order valence-electron chi connectivity index (χ3n) is 3.16. The number of para-hydroxylation sites is 1. The van der Waals surface area contributed by atoms with Crippen LogP contribution in [0.15, 0.2) is 30.5 Å². The van der Waals surface area contributed by atoms with Gasteiger partial charge in [0.05, 0.1) is 6.42 Å². The number of nitrogens with one attached hydrogen (secondary N) is 4. The lowest BCUT2D eigenvalue weighted by Gasteiger charge is -2.13. The monoisotopic (exact) mass is 302 g/mol. The minimum Gasteiger partial charge on any atom is -0.361 e. The molecular weight excluding hydrogens is 284 g/mol. The summed E-state index contributed by atoms with van der Waals surface area (Å²) in [6.07, 6.45) is 1.91. The van der Waals surface area contributed by atoms with Crippen molar-refractivity contribution < 1.29 is 14.4 Å². The number of fused-ring (bicyclic) bond motifs is 1. The van der Waals surface area contributed by atoms with Gasteiger partial charge in [-0.1, -0.05) is 18.2 Å². The van der Waals surface area contributed by atoms with Gasteiger partial charge in [-0.25, -0.2) is 0 Å². The molecule has 1 aromatic carbocycles. The fourth-order valence-corrected chi connectivity index (χ4v) is 2.11. The molecule has 0 radical (unpaired) electrons.